The molecule has 1 amide bonds. The van der Waals surface area contributed by atoms with Crippen LogP contribution in [0.1, 0.15) is 29.4 Å². The summed E-state index contributed by atoms with van der Waals surface area (Å²) in [6.07, 6.45) is 3.48. The average molecular weight is 320 g/mol. The molecule has 4 nitrogen and oxygen atoms in total. The molecule has 1 saturated carbocycles. The Kier molecular flexibility index (Phi) is 3.97. The largest absolute Gasteiger partial charge is 0.394 e. The number of aliphatic hydroxyl groups excluding tert-OH is 1. The van der Waals surface area contributed by atoms with Crippen molar-refractivity contribution < 1.29 is 14.3 Å². The van der Waals surface area contributed by atoms with E-state index < -0.39 is 5.54 Å². The monoisotopic (exact) mass is 320 g/mol. The molecule has 2 aromatic rings. The summed E-state index contributed by atoms with van der Waals surface area (Å²) in [5.41, 5.74) is -0.210. The van der Waals surface area contributed by atoms with Crippen LogP contribution in [0, 0.1) is 11.7 Å². The molecule has 0 bridgehead atoms. The lowest BCUT2D eigenvalue weighted by Gasteiger charge is -2.28. The molecular formula is C16H17FN2O2S. The third-order valence-electron chi connectivity index (χ3n) is 4.04. The first-order valence-corrected chi connectivity index (χ1v) is 7.99. The highest BCUT2D eigenvalue weighted by molar-refractivity contribution is 7.16. The number of thiazole rings is 1. The van der Waals surface area contributed by atoms with E-state index in [4.69, 9.17) is 0 Å². The highest BCUT2D eigenvalue weighted by Crippen LogP contribution is 2.39. The zero-order valence-electron chi connectivity index (χ0n) is 12.2. The Labute approximate surface area is 132 Å². The van der Waals surface area contributed by atoms with Crippen molar-refractivity contribution in [2.75, 3.05) is 6.61 Å². The SMILES string of the molecule is CC(CO)(NC(=O)c1cnc(-c2ccccc2F)s1)C1CC1. The molecular weight excluding hydrogens is 303 g/mol. The fourth-order valence-corrected chi connectivity index (χ4v) is 3.29. The van der Waals surface area contributed by atoms with Gasteiger partial charge in [0.1, 0.15) is 15.7 Å². The van der Waals surface area contributed by atoms with Crippen molar-refractivity contribution >= 4 is 17.2 Å². The number of benzene rings is 1. The van der Waals surface area contributed by atoms with Gasteiger partial charge in [-0.25, -0.2) is 9.37 Å². The van der Waals surface area contributed by atoms with Crippen molar-refractivity contribution in [3.63, 3.8) is 0 Å². The van der Waals surface area contributed by atoms with E-state index in [0.717, 1.165) is 24.2 Å². The number of halogens is 1. The highest BCUT2D eigenvalue weighted by Gasteiger charge is 2.42. The Morgan fingerprint density at radius 3 is 2.86 bits per heavy atom. The first-order valence-electron chi connectivity index (χ1n) is 7.17. The standard InChI is InChI=1S/C16H17FN2O2S/c1-16(9-20,10-6-7-10)19-14(21)13-8-18-15(22-13)11-4-2-3-5-12(11)17/h2-5,8,10,20H,6-7,9H2,1H3,(H,19,21). The molecule has 2 N–H and O–H groups in total. The number of carbonyl (C=O) groups excluding carboxylic acids is 1. The normalized spacial score (nSPS) is 17.0. The predicted octanol–water partition coefficient (Wildman–Crippen LogP) is 2.84. The first-order chi connectivity index (χ1) is 10.5. The molecule has 0 saturated heterocycles. The minimum absolute atomic E-state index is 0.0949. The maximum absolute atomic E-state index is 13.8. The summed E-state index contributed by atoms with van der Waals surface area (Å²) < 4.78 is 13.8. The van der Waals surface area contributed by atoms with Crippen molar-refractivity contribution in [3.8, 4) is 10.6 Å². The number of rotatable bonds is 5. The molecule has 1 aromatic carbocycles. The van der Waals surface area contributed by atoms with Gasteiger partial charge >= 0.3 is 0 Å². The number of carbonyl (C=O) groups is 1. The van der Waals surface area contributed by atoms with Gasteiger partial charge in [0.05, 0.1) is 18.3 Å². The van der Waals surface area contributed by atoms with Gasteiger partial charge in [-0.3, -0.25) is 4.79 Å². The first kappa shape index (κ1) is 15.1. The van der Waals surface area contributed by atoms with Crippen LogP contribution < -0.4 is 5.32 Å². The van der Waals surface area contributed by atoms with Gasteiger partial charge in [0, 0.05) is 5.56 Å². The minimum Gasteiger partial charge on any atom is -0.394 e. The second kappa shape index (κ2) is 5.78. The van der Waals surface area contributed by atoms with Crippen LogP contribution in [-0.2, 0) is 0 Å². The third-order valence-corrected chi connectivity index (χ3v) is 5.07. The van der Waals surface area contributed by atoms with Gasteiger partial charge in [-0.2, -0.15) is 0 Å². The minimum atomic E-state index is -0.598. The lowest BCUT2D eigenvalue weighted by atomic mass is 9.97. The van der Waals surface area contributed by atoms with Crippen LogP contribution in [0.2, 0.25) is 0 Å². The summed E-state index contributed by atoms with van der Waals surface area (Å²) in [4.78, 5) is 16.9. The summed E-state index contributed by atoms with van der Waals surface area (Å²) in [5.74, 6) is -0.314. The van der Waals surface area contributed by atoms with Crippen molar-refractivity contribution in [1.82, 2.24) is 10.3 Å². The van der Waals surface area contributed by atoms with Gasteiger partial charge in [-0.15, -0.1) is 11.3 Å². The second-order valence-corrected chi connectivity index (χ2v) is 6.84. The van der Waals surface area contributed by atoms with Crippen LogP contribution in [0.25, 0.3) is 10.6 Å². The number of nitrogens with zero attached hydrogens (tertiary/aromatic N) is 1. The Hall–Kier alpha value is -1.79. The van der Waals surface area contributed by atoms with Gasteiger partial charge in [0.15, 0.2) is 0 Å². The summed E-state index contributed by atoms with van der Waals surface area (Å²) in [6, 6.07) is 6.35. The van der Waals surface area contributed by atoms with Crippen molar-refractivity contribution in [1.29, 1.82) is 0 Å². The van der Waals surface area contributed by atoms with Crippen LogP contribution in [-0.4, -0.2) is 28.1 Å². The van der Waals surface area contributed by atoms with Gasteiger partial charge in [0.25, 0.3) is 5.91 Å². The Morgan fingerprint density at radius 1 is 1.50 bits per heavy atom. The summed E-state index contributed by atoms with van der Waals surface area (Å²) in [7, 11) is 0. The molecule has 6 heteroatoms. The third kappa shape index (κ3) is 2.89. The summed E-state index contributed by atoms with van der Waals surface area (Å²) in [6.45, 7) is 1.75. The summed E-state index contributed by atoms with van der Waals surface area (Å²) >= 11 is 1.15. The Morgan fingerprint density at radius 2 is 2.23 bits per heavy atom. The zero-order chi connectivity index (χ0) is 15.7. The van der Waals surface area contributed by atoms with Crippen molar-refractivity contribution in [2.24, 2.45) is 5.92 Å². The molecule has 0 aliphatic heterocycles. The molecule has 1 atom stereocenters. The molecule has 1 aliphatic carbocycles. The lowest BCUT2D eigenvalue weighted by molar-refractivity contribution is 0.0828. The molecule has 0 spiro atoms. The maximum Gasteiger partial charge on any atom is 0.263 e. The van der Waals surface area contributed by atoms with Gasteiger partial charge in [-0.1, -0.05) is 12.1 Å². The quantitative estimate of drug-likeness (QED) is 0.890. The topological polar surface area (TPSA) is 62.2 Å². The molecule has 1 unspecified atom stereocenters. The predicted molar refractivity (Wildman–Crippen MR) is 83.2 cm³/mol. The number of aromatic nitrogens is 1. The summed E-state index contributed by atoms with van der Waals surface area (Å²) in [5, 5.41) is 12.9. The van der Waals surface area contributed by atoms with Crippen LogP contribution in [0.3, 0.4) is 0 Å². The molecule has 1 aliphatic rings. The van der Waals surface area contributed by atoms with E-state index in [2.05, 4.69) is 10.3 Å². The van der Waals surface area contributed by atoms with E-state index in [9.17, 15) is 14.3 Å². The number of hydrogen-bond acceptors (Lipinski definition) is 4. The molecule has 3 rings (SSSR count). The van der Waals surface area contributed by atoms with E-state index in [0.29, 0.717) is 21.4 Å². The van der Waals surface area contributed by atoms with Gasteiger partial charge in [0.2, 0.25) is 0 Å². The molecule has 1 heterocycles. The Balaban J connectivity index is 1.79. The molecule has 1 fully saturated rings. The van der Waals surface area contributed by atoms with Crippen molar-refractivity contribution in [2.45, 2.75) is 25.3 Å². The molecule has 0 radical (unpaired) electrons. The van der Waals surface area contributed by atoms with Gasteiger partial charge < -0.3 is 10.4 Å². The average Bonchev–Trinajstić information content (AvgIpc) is 3.26. The highest BCUT2D eigenvalue weighted by atomic mass is 32.1. The maximum atomic E-state index is 13.8. The van der Waals surface area contributed by atoms with Crippen LogP contribution >= 0.6 is 11.3 Å². The van der Waals surface area contributed by atoms with E-state index >= 15 is 0 Å². The van der Waals surface area contributed by atoms with Gasteiger partial charge in [-0.05, 0) is 37.8 Å². The van der Waals surface area contributed by atoms with Crippen molar-refractivity contribution in [3.05, 3.63) is 41.2 Å². The van der Waals surface area contributed by atoms with E-state index in [-0.39, 0.29) is 18.3 Å². The number of nitrogens with one attached hydrogen (secondary N) is 1. The lowest BCUT2D eigenvalue weighted by Crippen LogP contribution is -2.50. The second-order valence-electron chi connectivity index (χ2n) is 5.81. The van der Waals surface area contributed by atoms with E-state index in [1.165, 1.54) is 12.3 Å². The number of aliphatic hydroxyl groups is 1. The van der Waals surface area contributed by atoms with Crippen LogP contribution in [0.5, 0.6) is 0 Å². The van der Waals surface area contributed by atoms with Crippen LogP contribution in [0.15, 0.2) is 30.5 Å². The van der Waals surface area contributed by atoms with E-state index in [1.807, 2.05) is 6.92 Å². The fourth-order valence-electron chi connectivity index (χ4n) is 2.45. The molecule has 22 heavy (non-hydrogen) atoms. The Bertz CT molecular complexity index is 699. The fraction of sp³-hybridized carbons (Fsp3) is 0.375. The van der Waals surface area contributed by atoms with E-state index in [1.54, 1.807) is 18.2 Å². The smallest absolute Gasteiger partial charge is 0.263 e. The molecule has 116 valence electrons. The number of hydrogen-bond donors (Lipinski definition) is 2. The molecule has 1 aromatic heterocycles. The zero-order valence-corrected chi connectivity index (χ0v) is 13.0. The van der Waals surface area contributed by atoms with Crippen LogP contribution in [0.4, 0.5) is 4.39 Å². The number of amides is 1.